The smallest absolute Gasteiger partial charge is 0.0408 e. The van der Waals surface area contributed by atoms with Crippen LogP contribution in [0.4, 0.5) is 0 Å². The van der Waals surface area contributed by atoms with Gasteiger partial charge in [0.05, 0.1) is 0 Å². The summed E-state index contributed by atoms with van der Waals surface area (Å²) in [6.45, 7) is 2.83. The summed E-state index contributed by atoms with van der Waals surface area (Å²) in [6.07, 6.45) is 1.97. The molecule has 0 aliphatic heterocycles. The van der Waals surface area contributed by atoms with E-state index in [1.807, 2.05) is 12.1 Å². The number of hydrogen-bond donors (Lipinski definition) is 1. The van der Waals surface area contributed by atoms with Gasteiger partial charge in [-0.15, -0.1) is 0 Å². The van der Waals surface area contributed by atoms with Gasteiger partial charge in [-0.3, -0.25) is 0 Å². The zero-order chi connectivity index (χ0) is 8.97. The van der Waals surface area contributed by atoms with Crippen LogP contribution in [-0.2, 0) is 12.8 Å². The molecule has 0 saturated heterocycles. The second kappa shape index (κ2) is 4.48. The number of benzene rings is 1. The lowest BCUT2D eigenvalue weighted by Crippen LogP contribution is -2.04. The van der Waals surface area contributed by atoms with Crippen molar-refractivity contribution in [2.45, 2.75) is 19.8 Å². The molecule has 1 rings (SSSR count). The summed E-state index contributed by atoms with van der Waals surface area (Å²) < 4.78 is 0. The fourth-order valence-corrected chi connectivity index (χ4v) is 1.52. The second-order valence-corrected chi connectivity index (χ2v) is 3.24. The van der Waals surface area contributed by atoms with E-state index in [1.54, 1.807) is 0 Å². The van der Waals surface area contributed by atoms with Crippen LogP contribution in [0.1, 0.15) is 18.1 Å². The summed E-state index contributed by atoms with van der Waals surface area (Å²) in [6, 6.07) is 6.01. The van der Waals surface area contributed by atoms with Gasteiger partial charge >= 0.3 is 0 Å². The van der Waals surface area contributed by atoms with Gasteiger partial charge in [0.15, 0.2) is 0 Å². The summed E-state index contributed by atoms with van der Waals surface area (Å²) in [7, 11) is 0. The fourth-order valence-electron chi connectivity index (χ4n) is 1.32. The maximum absolute atomic E-state index is 5.86. The predicted octanol–water partition coefficient (Wildman–Crippen LogP) is 2.40. The molecule has 66 valence electrons. The van der Waals surface area contributed by atoms with Crippen molar-refractivity contribution in [2.24, 2.45) is 5.73 Å². The minimum Gasteiger partial charge on any atom is -0.330 e. The Labute approximate surface area is 78.5 Å². The predicted molar refractivity (Wildman–Crippen MR) is 53.6 cm³/mol. The minimum atomic E-state index is 0.703. The Bertz CT molecular complexity index is 258. The molecule has 0 aliphatic carbocycles. The third-order valence-corrected chi connectivity index (χ3v) is 2.20. The van der Waals surface area contributed by atoms with Gasteiger partial charge < -0.3 is 5.73 Å². The van der Waals surface area contributed by atoms with Gasteiger partial charge in [-0.2, -0.15) is 0 Å². The third-order valence-electron chi connectivity index (χ3n) is 1.96. The molecule has 12 heavy (non-hydrogen) atoms. The molecule has 0 radical (unpaired) electrons. The number of nitrogens with two attached hydrogens (primary N) is 1. The Morgan fingerprint density at radius 2 is 2.08 bits per heavy atom. The molecule has 0 bridgehead atoms. The molecule has 0 heterocycles. The molecular formula is C10H14ClN. The largest absolute Gasteiger partial charge is 0.330 e. The molecular weight excluding hydrogens is 170 g/mol. The molecule has 0 aliphatic rings. The lowest BCUT2D eigenvalue weighted by atomic mass is 10.0. The highest BCUT2D eigenvalue weighted by molar-refractivity contribution is 6.30. The SMILES string of the molecule is CCc1cc(Cl)ccc1CCN. The highest BCUT2D eigenvalue weighted by Crippen LogP contribution is 2.16. The van der Waals surface area contributed by atoms with Crippen molar-refractivity contribution < 1.29 is 0 Å². The number of rotatable bonds is 3. The van der Waals surface area contributed by atoms with E-state index in [0.717, 1.165) is 17.9 Å². The molecule has 0 atom stereocenters. The van der Waals surface area contributed by atoms with Crippen LogP contribution < -0.4 is 5.73 Å². The molecule has 0 saturated carbocycles. The minimum absolute atomic E-state index is 0.703. The molecule has 2 heteroatoms. The first-order valence-corrected chi connectivity index (χ1v) is 4.63. The third kappa shape index (κ3) is 2.23. The maximum Gasteiger partial charge on any atom is 0.0408 e. The quantitative estimate of drug-likeness (QED) is 0.766. The van der Waals surface area contributed by atoms with Crippen LogP contribution in [0.25, 0.3) is 0 Å². The molecule has 0 spiro atoms. The van der Waals surface area contributed by atoms with Crippen molar-refractivity contribution in [3.05, 3.63) is 34.3 Å². The van der Waals surface area contributed by atoms with E-state index in [4.69, 9.17) is 17.3 Å². The number of hydrogen-bond acceptors (Lipinski definition) is 1. The van der Waals surface area contributed by atoms with Gasteiger partial charge in [-0.05, 0) is 42.6 Å². The summed E-state index contributed by atoms with van der Waals surface area (Å²) in [5, 5.41) is 0.813. The van der Waals surface area contributed by atoms with Gasteiger partial charge in [0, 0.05) is 5.02 Å². The summed E-state index contributed by atoms with van der Waals surface area (Å²) >= 11 is 5.86. The van der Waals surface area contributed by atoms with Crippen LogP contribution in [0.5, 0.6) is 0 Å². The van der Waals surface area contributed by atoms with Gasteiger partial charge in [0.1, 0.15) is 0 Å². The topological polar surface area (TPSA) is 26.0 Å². The Kier molecular flexibility index (Phi) is 3.57. The van der Waals surface area contributed by atoms with Crippen molar-refractivity contribution in [3.63, 3.8) is 0 Å². The first-order chi connectivity index (χ1) is 5.77. The first kappa shape index (κ1) is 9.56. The maximum atomic E-state index is 5.86. The van der Waals surface area contributed by atoms with Crippen LogP contribution in [0.2, 0.25) is 5.02 Å². The van der Waals surface area contributed by atoms with E-state index in [0.29, 0.717) is 6.54 Å². The first-order valence-electron chi connectivity index (χ1n) is 4.25. The molecule has 0 amide bonds. The van der Waals surface area contributed by atoms with E-state index < -0.39 is 0 Å². The lowest BCUT2D eigenvalue weighted by molar-refractivity contribution is 0.939. The Hall–Kier alpha value is -0.530. The Balaban J connectivity index is 2.94. The molecule has 1 aromatic carbocycles. The molecule has 0 aromatic heterocycles. The molecule has 1 nitrogen and oxygen atoms in total. The van der Waals surface area contributed by atoms with E-state index >= 15 is 0 Å². The standard InChI is InChI=1S/C10H14ClN/c1-2-8-7-10(11)4-3-9(8)5-6-12/h3-4,7H,2,5-6,12H2,1H3. The van der Waals surface area contributed by atoms with E-state index in [2.05, 4.69) is 13.0 Å². The molecule has 0 unspecified atom stereocenters. The highest BCUT2D eigenvalue weighted by atomic mass is 35.5. The van der Waals surface area contributed by atoms with Crippen LogP contribution in [0, 0.1) is 0 Å². The van der Waals surface area contributed by atoms with Crippen LogP contribution in [0.15, 0.2) is 18.2 Å². The highest BCUT2D eigenvalue weighted by Gasteiger charge is 1.99. The van der Waals surface area contributed by atoms with Crippen molar-refractivity contribution in [1.82, 2.24) is 0 Å². The zero-order valence-corrected chi connectivity index (χ0v) is 8.06. The molecule has 1 aromatic rings. The Morgan fingerprint density at radius 1 is 1.33 bits per heavy atom. The summed E-state index contributed by atoms with van der Waals surface area (Å²) in [5.41, 5.74) is 8.13. The average Bonchev–Trinajstić information content (AvgIpc) is 2.08. The number of aryl methyl sites for hydroxylation is 1. The van der Waals surface area contributed by atoms with Gasteiger partial charge in [-0.1, -0.05) is 24.6 Å². The van der Waals surface area contributed by atoms with Crippen LogP contribution >= 0.6 is 11.6 Å². The number of halogens is 1. The van der Waals surface area contributed by atoms with E-state index in [9.17, 15) is 0 Å². The van der Waals surface area contributed by atoms with Crippen LogP contribution in [-0.4, -0.2) is 6.54 Å². The van der Waals surface area contributed by atoms with Crippen molar-refractivity contribution in [1.29, 1.82) is 0 Å². The van der Waals surface area contributed by atoms with E-state index in [-0.39, 0.29) is 0 Å². The van der Waals surface area contributed by atoms with Gasteiger partial charge in [0.2, 0.25) is 0 Å². The molecule has 2 N–H and O–H groups in total. The van der Waals surface area contributed by atoms with Crippen LogP contribution in [0.3, 0.4) is 0 Å². The zero-order valence-electron chi connectivity index (χ0n) is 7.31. The Morgan fingerprint density at radius 3 is 2.67 bits per heavy atom. The summed E-state index contributed by atoms with van der Waals surface area (Å²) in [5.74, 6) is 0. The van der Waals surface area contributed by atoms with Gasteiger partial charge in [-0.25, -0.2) is 0 Å². The van der Waals surface area contributed by atoms with Crippen molar-refractivity contribution in [2.75, 3.05) is 6.54 Å². The van der Waals surface area contributed by atoms with Crippen molar-refractivity contribution >= 4 is 11.6 Å². The van der Waals surface area contributed by atoms with Gasteiger partial charge in [0.25, 0.3) is 0 Å². The second-order valence-electron chi connectivity index (χ2n) is 2.81. The fraction of sp³-hybridized carbons (Fsp3) is 0.400. The van der Waals surface area contributed by atoms with Crippen molar-refractivity contribution in [3.8, 4) is 0 Å². The normalized spacial score (nSPS) is 10.2. The summed E-state index contributed by atoms with van der Waals surface area (Å²) in [4.78, 5) is 0. The van der Waals surface area contributed by atoms with E-state index in [1.165, 1.54) is 11.1 Å². The molecule has 0 fully saturated rings. The monoisotopic (exact) mass is 183 g/mol. The average molecular weight is 184 g/mol. The lowest BCUT2D eigenvalue weighted by Gasteiger charge is -2.06.